The van der Waals surface area contributed by atoms with Crippen LogP contribution in [0.25, 0.3) is 0 Å². The maximum absolute atomic E-state index is 11.5. The molecule has 1 fully saturated rings. The summed E-state index contributed by atoms with van der Waals surface area (Å²) in [6, 6.07) is 6.08. The van der Waals surface area contributed by atoms with Gasteiger partial charge in [0, 0.05) is 6.54 Å². The topological polar surface area (TPSA) is 50.4 Å². The highest BCUT2D eigenvalue weighted by Gasteiger charge is 2.25. The van der Waals surface area contributed by atoms with Crippen molar-refractivity contribution < 1.29 is 9.53 Å². The molecule has 17 heavy (non-hydrogen) atoms. The van der Waals surface area contributed by atoms with Gasteiger partial charge in [-0.1, -0.05) is 6.07 Å². The van der Waals surface area contributed by atoms with Gasteiger partial charge >= 0.3 is 0 Å². The van der Waals surface area contributed by atoms with E-state index in [9.17, 15) is 4.79 Å². The molecule has 0 bridgehead atoms. The minimum absolute atomic E-state index is 0.0761. The molecule has 2 unspecified atom stereocenters. The third-order valence-electron chi connectivity index (χ3n) is 3.47. The largest absolute Gasteiger partial charge is 0.479 e. The first-order valence-electron chi connectivity index (χ1n) is 6.06. The van der Waals surface area contributed by atoms with E-state index in [1.165, 1.54) is 12.0 Å². The smallest absolute Gasteiger partial charge is 0.265 e. The molecular formula is C13H16N2O2. The second-order valence-electron chi connectivity index (χ2n) is 4.69. The van der Waals surface area contributed by atoms with Crippen molar-refractivity contribution in [3.8, 4) is 5.75 Å². The Hall–Kier alpha value is -1.55. The Kier molecular flexibility index (Phi) is 2.52. The van der Waals surface area contributed by atoms with Gasteiger partial charge in [0.15, 0.2) is 6.10 Å². The number of amides is 1. The number of hydrogen-bond acceptors (Lipinski definition) is 3. The Morgan fingerprint density at radius 1 is 1.41 bits per heavy atom. The third kappa shape index (κ3) is 1.89. The summed E-state index contributed by atoms with van der Waals surface area (Å²) >= 11 is 0. The standard InChI is InChI=1S/C13H16N2O2/c1-8-13(16)15-11-3-2-9(6-12(11)17-8)10-4-5-14-7-10/h2-3,6,8,10,14H,4-5,7H2,1H3,(H,15,16). The number of rotatable bonds is 1. The second-order valence-corrected chi connectivity index (χ2v) is 4.69. The minimum Gasteiger partial charge on any atom is -0.479 e. The molecule has 0 spiro atoms. The van der Waals surface area contributed by atoms with E-state index in [-0.39, 0.29) is 5.91 Å². The van der Waals surface area contributed by atoms with Gasteiger partial charge in [-0.3, -0.25) is 4.79 Å². The number of benzene rings is 1. The Morgan fingerprint density at radius 3 is 3.06 bits per heavy atom. The number of fused-ring (bicyclic) bond motifs is 1. The molecule has 2 aliphatic rings. The number of nitrogens with one attached hydrogen (secondary N) is 2. The minimum atomic E-state index is -0.403. The lowest BCUT2D eigenvalue weighted by atomic mass is 9.97. The van der Waals surface area contributed by atoms with Crippen molar-refractivity contribution in [2.75, 3.05) is 18.4 Å². The number of carbonyl (C=O) groups is 1. The van der Waals surface area contributed by atoms with Crippen molar-refractivity contribution in [3.05, 3.63) is 23.8 Å². The highest BCUT2D eigenvalue weighted by atomic mass is 16.5. The van der Waals surface area contributed by atoms with Gasteiger partial charge in [0.05, 0.1) is 5.69 Å². The van der Waals surface area contributed by atoms with Crippen LogP contribution in [0.1, 0.15) is 24.8 Å². The average molecular weight is 232 g/mol. The lowest BCUT2D eigenvalue weighted by molar-refractivity contribution is -0.122. The predicted molar refractivity (Wildman–Crippen MR) is 65.4 cm³/mol. The van der Waals surface area contributed by atoms with Crippen molar-refractivity contribution in [2.45, 2.75) is 25.4 Å². The van der Waals surface area contributed by atoms with E-state index >= 15 is 0 Å². The van der Waals surface area contributed by atoms with Crippen LogP contribution in [0.5, 0.6) is 5.75 Å². The predicted octanol–water partition coefficient (Wildman–Crippen LogP) is 1.48. The molecule has 1 aromatic carbocycles. The summed E-state index contributed by atoms with van der Waals surface area (Å²) in [5.74, 6) is 1.28. The summed E-state index contributed by atoms with van der Waals surface area (Å²) in [5, 5.41) is 6.20. The van der Waals surface area contributed by atoms with Crippen LogP contribution in [-0.4, -0.2) is 25.1 Å². The zero-order chi connectivity index (χ0) is 11.8. The molecule has 0 aromatic heterocycles. The fourth-order valence-corrected chi connectivity index (χ4v) is 2.41. The molecule has 4 heteroatoms. The van der Waals surface area contributed by atoms with Crippen molar-refractivity contribution in [2.24, 2.45) is 0 Å². The molecule has 0 saturated carbocycles. The number of hydrogen-bond donors (Lipinski definition) is 2. The first kappa shape index (κ1) is 10.6. The van der Waals surface area contributed by atoms with E-state index in [1.807, 2.05) is 6.07 Å². The Morgan fingerprint density at radius 2 is 2.29 bits per heavy atom. The van der Waals surface area contributed by atoms with E-state index in [2.05, 4.69) is 22.8 Å². The Labute approximate surface area is 100 Å². The zero-order valence-corrected chi connectivity index (χ0v) is 9.82. The summed E-state index contributed by atoms with van der Waals surface area (Å²) in [6.45, 7) is 3.87. The summed E-state index contributed by atoms with van der Waals surface area (Å²) in [7, 11) is 0. The van der Waals surface area contributed by atoms with E-state index in [4.69, 9.17) is 4.74 Å². The maximum Gasteiger partial charge on any atom is 0.265 e. The highest BCUT2D eigenvalue weighted by molar-refractivity contribution is 5.97. The molecule has 1 amide bonds. The van der Waals surface area contributed by atoms with Crippen LogP contribution in [0.3, 0.4) is 0 Å². The first-order valence-corrected chi connectivity index (χ1v) is 6.06. The summed E-state index contributed by atoms with van der Waals surface area (Å²) < 4.78 is 5.61. The van der Waals surface area contributed by atoms with Gasteiger partial charge in [0.2, 0.25) is 0 Å². The second kappa shape index (κ2) is 4.04. The summed E-state index contributed by atoms with van der Waals surface area (Å²) in [5.41, 5.74) is 2.07. The SMILES string of the molecule is CC1Oc2cc(C3CCNC3)ccc2NC1=O. The first-order chi connectivity index (χ1) is 8.24. The fourth-order valence-electron chi connectivity index (χ4n) is 2.41. The fraction of sp³-hybridized carbons (Fsp3) is 0.462. The number of carbonyl (C=O) groups excluding carboxylic acids is 1. The van der Waals surface area contributed by atoms with E-state index in [1.54, 1.807) is 6.92 Å². The van der Waals surface area contributed by atoms with Gasteiger partial charge in [-0.05, 0) is 43.5 Å². The van der Waals surface area contributed by atoms with Gasteiger partial charge in [-0.25, -0.2) is 0 Å². The van der Waals surface area contributed by atoms with Crippen molar-refractivity contribution in [1.82, 2.24) is 5.32 Å². The average Bonchev–Trinajstić information content (AvgIpc) is 2.83. The van der Waals surface area contributed by atoms with Gasteiger partial charge in [-0.2, -0.15) is 0 Å². The maximum atomic E-state index is 11.5. The normalized spacial score (nSPS) is 27.2. The molecule has 2 N–H and O–H groups in total. The van der Waals surface area contributed by atoms with Crippen molar-refractivity contribution >= 4 is 11.6 Å². The molecule has 2 heterocycles. The van der Waals surface area contributed by atoms with Crippen molar-refractivity contribution in [3.63, 3.8) is 0 Å². The summed E-state index contributed by atoms with van der Waals surface area (Å²) in [6.07, 6.45) is 0.764. The van der Waals surface area contributed by atoms with Crippen LogP contribution in [0.15, 0.2) is 18.2 Å². The van der Waals surface area contributed by atoms with E-state index < -0.39 is 6.10 Å². The molecule has 90 valence electrons. The molecule has 1 saturated heterocycles. The lowest BCUT2D eigenvalue weighted by Gasteiger charge is -2.24. The quantitative estimate of drug-likeness (QED) is 0.771. The number of anilines is 1. The van der Waals surface area contributed by atoms with Gasteiger partial charge < -0.3 is 15.4 Å². The third-order valence-corrected chi connectivity index (χ3v) is 3.47. The molecular weight excluding hydrogens is 216 g/mol. The highest BCUT2D eigenvalue weighted by Crippen LogP contribution is 2.34. The van der Waals surface area contributed by atoms with Gasteiger partial charge in [0.25, 0.3) is 5.91 Å². The zero-order valence-electron chi connectivity index (χ0n) is 9.82. The number of ether oxygens (including phenoxy) is 1. The molecule has 0 aliphatic carbocycles. The van der Waals surface area contributed by atoms with Crippen LogP contribution in [0.4, 0.5) is 5.69 Å². The van der Waals surface area contributed by atoms with E-state index in [0.717, 1.165) is 24.5 Å². The monoisotopic (exact) mass is 232 g/mol. The van der Waals surface area contributed by atoms with Crippen LogP contribution < -0.4 is 15.4 Å². The van der Waals surface area contributed by atoms with Crippen molar-refractivity contribution in [1.29, 1.82) is 0 Å². The van der Waals surface area contributed by atoms with Crippen LogP contribution >= 0.6 is 0 Å². The Bertz CT molecular complexity index is 453. The molecule has 2 atom stereocenters. The Balaban J connectivity index is 1.90. The molecule has 4 nitrogen and oxygen atoms in total. The molecule has 0 radical (unpaired) electrons. The van der Waals surface area contributed by atoms with Gasteiger partial charge in [0.1, 0.15) is 5.75 Å². The van der Waals surface area contributed by atoms with Gasteiger partial charge in [-0.15, -0.1) is 0 Å². The molecule has 1 aromatic rings. The molecule has 3 rings (SSSR count). The summed E-state index contributed by atoms with van der Waals surface area (Å²) in [4.78, 5) is 11.5. The molecule has 2 aliphatic heterocycles. The van der Waals surface area contributed by atoms with Crippen LogP contribution in [0.2, 0.25) is 0 Å². The lowest BCUT2D eigenvalue weighted by Crippen LogP contribution is -2.34. The van der Waals surface area contributed by atoms with Crippen LogP contribution in [-0.2, 0) is 4.79 Å². The van der Waals surface area contributed by atoms with Crippen LogP contribution in [0, 0.1) is 0 Å². The van der Waals surface area contributed by atoms with E-state index in [0.29, 0.717) is 5.92 Å².